The molecular formula is C10H10N3. The zero-order chi connectivity index (χ0) is 8.93. The first-order valence-electron chi connectivity index (χ1n) is 4.19. The Morgan fingerprint density at radius 3 is 2.77 bits per heavy atom. The molecule has 0 spiro atoms. The highest BCUT2D eigenvalue weighted by atomic mass is 15.3. The van der Waals surface area contributed by atoms with Gasteiger partial charge in [0.1, 0.15) is 0 Å². The second kappa shape index (κ2) is 3.85. The first kappa shape index (κ1) is 7.98. The molecule has 2 rings (SSSR count). The number of aromatic nitrogens is 3. The number of hydrogen-bond donors (Lipinski definition) is 1. The van der Waals surface area contributed by atoms with Crippen LogP contribution >= 0.6 is 0 Å². The molecule has 0 atom stereocenters. The Kier molecular flexibility index (Phi) is 2.36. The zero-order valence-electron chi connectivity index (χ0n) is 7.14. The molecule has 3 heteroatoms. The van der Waals surface area contributed by atoms with Gasteiger partial charge >= 0.3 is 0 Å². The largest absolute Gasteiger partial charge is 0.265 e. The molecule has 0 aliphatic rings. The van der Waals surface area contributed by atoms with Crippen LogP contribution < -0.4 is 0 Å². The summed E-state index contributed by atoms with van der Waals surface area (Å²) in [6, 6.07) is 10.3. The summed E-state index contributed by atoms with van der Waals surface area (Å²) in [5, 5.41) is 10.2. The quantitative estimate of drug-likeness (QED) is 0.764. The normalized spacial score (nSPS) is 10.2. The molecule has 1 N–H and O–H groups in total. The predicted molar refractivity (Wildman–Crippen MR) is 49.9 cm³/mol. The molecule has 0 unspecified atom stereocenters. The third kappa shape index (κ3) is 2.15. The van der Waals surface area contributed by atoms with Crippen LogP contribution in [-0.2, 0) is 6.42 Å². The molecule has 0 amide bonds. The lowest BCUT2D eigenvalue weighted by Gasteiger charge is -1.96. The van der Waals surface area contributed by atoms with Crippen LogP contribution in [0.3, 0.4) is 0 Å². The summed E-state index contributed by atoms with van der Waals surface area (Å²) in [5.41, 5.74) is 2.18. The lowest BCUT2D eigenvalue weighted by molar-refractivity contribution is 0.925. The molecular weight excluding hydrogens is 162 g/mol. The molecule has 0 saturated heterocycles. The molecule has 3 nitrogen and oxygen atoms in total. The van der Waals surface area contributed by atoms with Crippen LogP contribution in [0.2, 0.25) is 0 Å². The Morgan fingerprint density at radius 2 is 2.08 bits per heavy atom. The van der Waals surface area contributed by atoms with E-state index in [1.54, 1.807) is 6.20 Å². The second-order valence-electron chi connectivity index (χ2n) is 2.79. The minimum Gasteiger partial charge on any atom is -0.265 e. The topological polar surface area (TPSA) is 41.6 Å². The van der Waals surface area contributed by atoms with Crippen molar-refractivity contribution in [2.75, 3.05) is 0 Å². The van der Waals surface area contributed by atoms with Gasteiger partial charge in [0.05, 0.1) is 5.69 Å². The minimum atomic E-state index is 0.892. The van der Waals surface area contributed by atoms with Gasteiger partial charge in [0.15, 0.2) is 0 Å². The van der Waals surface area contributed by atoms with E-state index < -0.39 is 0 Å². The highest BCUT2D eigenvalue weighted by Gasteiger charge is 1.96. The number of nitrogens with zero attached hydrogens (tertiary/aromatic N) is 2. The van der Waals surface area contributed by atoms with Crippen molar-refractivity contribution in [3.05, 3.63) is 54.2 Å². The van der Waals surface area contributed by atoms with Crippen molar-refractivity contribution in [2.45, 2.75) is 6.42 Å². The fraction of sp³-hybridized carbons (Fsp3) is 0.100. The fourth-order valence-electron chi connectivity index (χ4n) is 1.15. The lowest BCUT2D eigenvalue weighted by Crippen LogP contribution is -1.88. The molecule has 13 heavy (non-hydrogen) atoms. The summed E-state index contributed by atoms with van der Waals surface area (Å²) in [7, 11) is 0. The third-order valence-electron chi connectivity index (χ3n) is 1.83. The zero-order valence-corrected chi connectivity index (χ0v) is 7.14. The maximum Gasteiger partial charge on any atom is 0.0865 e. The summed E-state index contributed by atoms with van der Waals surface area (Å²) >= 11 is 0. The number of rotatable bonds is 3. The molecule has 65 valence electrons. The number of aromatic amines is 1. The fourth-order valence-corrected chi connectivity index (χ4v) is 1.15. The van der Waals surface area contributed by atoms with E-state index in [1.807, 2.05) is 24.6 Å². The van der Waals surface area contributed by atoms with Crippen molar-refractivity contribution in [3.63, 3.8) is 0 Å². The van der Waals surface area contributed by atoms with Crippen LogP contribution in [-0.4, -0.2) is 15.4 Å². The average Bonchev–Trinajstić information content (AvgIpc) is 2.69. The lowest BCUT2D eigenvalue weighted by atomic mass is 10.1. The van der Waals surface area contributed by atoms with Crippen LogP contribution in [0, 0.1) is 6.42 Å². The molecule has 2 aromatic rings. The first-order valence-corrected chi connectivity index (χ1v) is 4.19. The maximum atomic E-state index is 3.87. The Morgan fingerprint density at radius 1 is 1.23 bits per heavy atom. The van der Waals surface area contributed by atoms with E-state index in [1.165, 1.54) is 5.56 Å². The summed E-state index contributed by atoms with van der Waals surface area (Å²) < 4.78 is 0. The SMILES string of the molecule is [CH](Cc1ccccc1)c1c[nH]nn1. The van der Waals surface area contributed by atoms with E-state index >= 15 is 0 Å². The van der Waals surface area contributed by atoms with Crippen LogP contribution in [0.1, 0.15) is 11.3 Å². The van der Waals surface area contributed by atoms with E-state index in [9.17, 15) is 0 Å². The van der Waals surface area contributed by atoms with Crippen LogP contribution in [0.15, 0.2) is 36.5 Å². The molecule has 0 saturated carbocycles. The monoisotopic (exact) mass is 172 g/mol. The van der Waals surface area contributed by atoms with Gasteiger partial charge in [-0.2, -0.15) is 0 Å². The van der Waals surface area contributed by atoms with E-state index in [4.69, 9.17) is 0 Å². The summed E-state index contributed by atoms with van der Waals surface area (Å²) in [5.74, 6) is 0. The van der Waals surface area contributed by atoms with Crippen molar-refractivity contribution in [1.82, 2.24) is 15.4 Å². The van der Waals surface area contributed by atoms with Gasteiger partial charge in [-0.3, -0.25) is 5.10 Å². The molecule has 0 aliphatic carbocycles. The van der Waals surface area contributed by atoms with Crippen LogP contribution in [0.4, 0.5) is 0 Å². The summed E-state index contributed by atoms with van der Waals surface area (Å²) in [6.07, 6.45) is 4.72. The molecule has 1 radical (unpaired) electrons. The van der Waals surface area contributed by atoms with Crippen molar-refractivity contribution < 1.29 is 0 Å². The number of H-pyrrole nitrogens is 1. The van der Waals surface area contributed by atoms with Gasteiger partial charge in [0, 0.05) is 12.6 Å². The van der Waals surface area contributed by atoms with E-state index in [0.717, 1.165) is 12.1 Å². The van der Waals surface area contributed by atoms with Gasteiger partial charge < -0.3 is 0 Å². The predicted octanol–water partition coefficient (Wildman–Crippen LogP) is 1.60. The average molecular weight is 172 g/mol. The van der Waals surface area contributed by atoms with Crippen molar-refractivity contribution in [3.8, 4) is 0 Å². The molecule has 0 fully saturated rings. The number of benzene rings is 1. The highest BCUT2D eigenvalue weighted by Crippen LogP contribution is 2.05. The standard InChI is InChI=1S/C10H10N3/c1-2-4-9(5-3-1)6-7-10-8-11-13-12-10/h1-5,7-8H,6H2,(H,11,12,13). The van der Waals surface area contributed by atoms with Crippen molar-refractivity contribution >= 4 is 0 Å². The van der Waals surface area contributed by atoms with Gasteiger partial charge in [-0.15, -0.1) is 5.10 Å². The minimum absolute atomic E-state index is 0.892. The van der Waals surface area contributed by atoms with E-state index in [-0.39, 0.29) is 0 Å². The third-order valence-corrected chi connectivity index (χ3v) is 1.83. The van der Waals surface area contributed by atoms with Gasteiger partial charge in [-0.1, -0.05) is 35.5 Å². The number of hydrogen-bond acceptors (Lipinski definition) is 2. The molecule has 1 aromatic carbocycles. The molecule has 0 aliphatic heterocycles. The van der Waals surface area contributed by atoms with Gasteiger partial charge in [-0.25, -0.2) is 0 Å². The van der Waals surface area contributed by atoms with Gasteiger partial charge in [0.25, 0.3) is 0 Å². The first-order chi connectivity index (χ1) is 6.45. The summed E-state index contributed by atoms with van der Waals surface area (Å²) in [4.78, 5) is 0. The van der Waals surface area contributed by atoms with E-state index in [2.05, 4.69) is 27.5 Å². The Bertz CT molecular complexity index is 340. The van der Waals surface area contributed by atoms with Crippen LogP contribution in [0.5, 0.6) is 0 Å². The summed E-state index contributed by atoms with van der Waals surface area (Å²) in [6.45, 7) is 0. The van der Waals surface area contributed by atoms with Gasteiger partial charge in [0.2, 0.25) is 0 Å². The Balaban J connectivity index is 1.94. The highest BCUT2D eigenvalue weighted by molar-refractivity contribution is 5.20. The van der Waals surface area contributed by atoms with Crippen molar-refractivity contribution in [1.29, 1.82) is 0 Å². The van der Waals surface area contributed by atoms with Crippen LogP contribution in [0.25, 0.3) is 0 Å². The molecule has 1 aromatic heterocycles. The second-order valence-corrected chi connectivity index (χ2v) is 2.79. The smallest absolute Gasteiger partial charge is 0.0865 e. The maximum absolute atomic E-state index is 3.87. The van der Waals surface area contributed by atoms with Gasteiger partial charge in [-0.05, 0) is 12.0 Å². The number of nitrogens with one attached hydrogen (secondary N) is 1. The molecule has 1 heterocycles. The molecule has 0 bridgehead atoms. The van der Waals surface area contributed by atoms with E-state index in [0.29, 0.717) is 0 Å². The van der Waals surface area contributed by atoms with Crippen molar-refractivity contribution in [2.24, 2.45) is 0 Å². The Labute approximate surface area is 76.8 Å². The Hall–Kier alpha value is -1.64.